The third kappa shape index (κ3) is 16.8. The second-order valence-electron chi connectivity index (χ2n) is 13.0. The van der Waals surface area contributed by atoms with Crippen molar-refractivity contribution in [3.05, 3.63) is 169 Å². The quantitative estimate of drug-likeness (QED) is 0.0658. The van der Waals surface area contributed by atoms with Crippen LogP contribution in [0.25, 0.3) is 21.8 Å². The Labute approximate surface area is 339 Å². The van der Waals surface area contributed by atoms with Gasteiger partial charge in [0.2, 0.25) is 0 Å². The third-order valence-electron chi connectivity index (χ3n) is 8.29. The van der Waals surface area contributed by atoms with Gasteiger partial charge in [0.25, 0.3) is 0 Å². The molecule has 0 bridgehead atoms. The van der Waals surface area contributed by atoms with Gasteiger partial charge in [-0.15, -0.1) is 0 Å². The Bertz CT molecular complexity index is 1980. The Morgan fingerprint density at radius 3 is 0.875 bits per heavy atom. The van der Waals surface area contributed by atoms with Gasteiger partial charge in [0, 0.05) is 22.2 Å². The zero-order valence-electron chi connectivity index (χ0n) is 31.8. The van der Waals surface area contributed by atoms with Crippen LogP contribution in [-0.4, -0.2) is 22.3 Å². The van der Waals surface area contributed by atoms with Crippen LogP contribution >= 0.6 is 23.7 Å². The minimum Gasteiger partial charge on any atom is 1.00 e. The molecule has 0 spiro atoms. The van der Waals surface area contributed by atoms with Gasteiger partial charge in [0.1, 0.15) is 0 Å². The van der Waals surface area contributed by atoms with Crippen LogP contribution in [0.3, 0.4) is 0 Å². The van der Waals surface area contributed by atoms with E-state index in [2.05, 4.69) is 169 Å². The Morgan fingerprint density at radius 2 is 0.643 bits per heavy atom. The van der Waals surface area contributed by atoms with Crippen LogP contribution in [0.5, 0.6) is 0 Å². The predicted molar refractivity (Wildman–Crippen MR) is 231 cm³/mol. The number of rotatable bonds is 8. The summed E-state index contributed by atoms with van der Waals surface area (Å²) in [5, 5.41) is 8.41. The summed E-state index contributed by atoms with van der Waals surface area (Å²) in [5.74, 6) is 0. The molecule has 2 nitrogen and oxygen atoms in total. The molecule has 12 heteroatoms. The number of nitrogens with zero attached hydrogens (tertiary/aromatic N) is 2. The summed E-state index contributed by atoms with van der Waals surface area (Å²) in [6, 6.07) is 56.3. The van der Waals surface area contributed by atoms with E-state index in [1.165, 1.54) is 46.4 Å². The molecule has 7 rings (SSSR count). The van der Waals surface area contributed by atoms with E-state index in [1.807, 2.05) is 26.0 Å². The van der Waals surface area contributed by atoms with E-state index >= 15 is 0 Å². The fourth-order valence-corrected chi connectivity index (χ4v) is 11.1. The topological polar surface area (TPSA) is 25.8 Å². The number of halogens is 6. The molecule has 0 aliphatic heterocycles. The summed E-state index contributed by atoms with van der Waals surface area (Å²) in [5.41, 5.74) is 4.06. The van der Waals surface area contributed by atoms with Crippen LogP contribution in [0.4, 0.5) is 25.2 Å². The Kier molecular flexibility index (Phi) is 17.2. The molecule has 0 N–H and O–H groups in total. The molecule has 0 radical (unpaired) electrons. The Hall–Kier alpha value is -3.69. The predicted octanol–water partition coefficient (Wildman–Crippen LogP) is 13.3. The molecule has 300 valence electrons. The normalized spacial score (nSPS) is 12.1. The minimum atomic E-state index is -10.7. The van der Waals surface area contributed by atoms with Crippen molar-refractivity contribution in [1.82, 2.24) is 9.97 Å². The van der Waals surface area contributed by atoms with Gasteiger partial charge in [-0.25, -0.2) is 0 Å². The van der Waals surface area contributed by atoms with Crippen LogP contribution in [0.1, 0.15) is 38.1 Å². The van der Waals surface area contributed by atoms with E-state index in [0.29, 0.717) is 0 Å². The molecular formula is C44H48CuF6N2P3+2. The number of benzene rings is 5. The van der Waals surface area contributed by atoms with E-state index in [9.17, 15) is 25.2 Å². The van der Waals surface area contributed by atoms with Crippen molar-refractivity contribution in [1.29, 1.82) is 0 Å². The van der Waals surface area contributed by atoms with Crippen molar-refractivity contribution < 1.29 is 42.3 Å². The van der Waals surface area contributed by atoms with Crippen molar-refractivity contribution in [2.75, 3.05) is 12.3 Å². The van der Waals surface area contributed by atoms with Crippen LogP contribution in [-0.2, 0) is 17.1 Å². The average molecular weight is 875 g/mol. The Morgan fingerprint density at radius 1 is 0.411 bits per heavy atom. The van der Waals surface area contributed by atoms with Crippen molar-refractivity contribution in [3.63, 3.8) is 0 Å². The van der Waals surface area contributed by atoms with Gasteiger partial charge in [-0.3, -0.25) is 9.97 Å². The number of aryl methyl sites for hydroxylation is 2. The monoisotopic (exact) mass is 874 g/mol. The summed E-state index contributed by atoms with van der Waals surface area (Å²) in [6.07, 6.45) is 5.16. The molecule has 2 heterocycles. The molecule has 0 fully saturated rings. The maximum Gasteiger partial charge on any atom is 1.00 e. The molecule has 7 aromatic rings. The van der Waals surface area contributed by atoms with Gasteiger partial charge < -0.3 is 0 Å². The van der Waals surface area contributed by atoms with E-state index in [-0.39, 0.29) is 17.1 Å². The van der Waals surface area contributed by atoms with Crippen molar-refractivity contribution in [2.45, 2.75) is 40.5 Å². The van der Waals surface area contributed by atoms with Gasteiger partial charge in [-0.2, -0.15) is 0 Å². The largest absolute Gasteiger partial charge is 1.00 e. The summed E-state index contributed by atoms with van der Waals surface area (Å²) in [4.78, 5) is 9.16. The fourth-order valence-electron chi connectivity index (χ4n) is 5.93. The molecule has 0 unspecified atom stereocenters. The molecule has 5 aromatic carbocycles. The molecule has 0 saturated heterocycles. The molecule has 56 heavy (non-hydrogen) atoms. The van der Waals surface area contributed by atoms with Crippen molar-refractivity contribution in [3.8, 4) is 0 Å². The zero-order valence-corrected chi connectivity index (χ0v) is 35.6. The van der Waals surface area contributed by atoms with Crippen LogP contribution < -0.4 is 21.2 Å². The molecule has 0 saturated carbocycles. The summed E-state index contributed by atoms with van der Waals surface area (Å²) < 4.78 is 59.2. The van der Waals surface area contributed by atoms with E-state index in [4.69, 9.17) is 0 Å². The van der Waals surface area contributed by atoms with Gasteiger partial charge >= 0.3 is 50.1 Å². The summed E-state index contributed by atoms with van der Waals surface area (Å²) in [7, 11) is -11.8. The minimum absolute atomic E-state index is 0. The summed E-state index contributed by atoms with van der Waals surface area (Å²) >= 11 is 0. The van der Waals surface area contributed by atoms with Crippen molar-refractivity contribution >= 4 is 66.7 Å². The number of hydrogen-bond acceptors (Lipinski definition) is 2. The maximum absolute atomic E-state index is 10.7. The Balaban J connectivity index is 0.000000206. The van der Waals surface area contributed by atoms with Gasteiger partial charge in [-0.05, 0) is 87.4 Å². The number of pyridine rings is 2. The first-order valence-electron chi connectivity index (χ1n) is 18.2. The van der Waals surface area contributed by atoms with E-state index in [1.54, 1.807) is 0 Å². The van der Waals surface area contributed by atoms with E-state index < -0.39 is 23.7 Å². The van der Waals surface area contributed by atoms with Crippen LogP contribution in [0.2, 0.25) is 0 Å². The second-order valence-corrected chi connectivity index (χ2v) is 20.1. The van der Waals surface area contributed by atoms with E-state index in [0.717, 1.165) is 33.2 Å². The van der Waals surface area contributed by atoms with Gasteiger partial charge in [0.05, 0.1) is 60.4 Å². The number of hydrogen-bond donors (Lipinski definition) is 0. The number of aromatic nitrogens is 2. The van der Waals surface area contributed by atoms with Gasteiger partial charge in [0.15, 0.2) is 0 Å². The molecule has 0 aliphatic rings. The molecule has 0 atom stereocenters. The van der Waals surface area contributed by atoms with Gasteiger partial charge in [-0.1, -0.05) is 111 Å². The first-order chi connectivity index (χ1) is 26.0. The fraction of sp³-hybridized carbons (Fsp3) is 0.182. The molecule has 0 amide bonds. The molecule has 2 aromatic heterocycles. The standard InChI is InChI=1S/2C15H17P.C14H12N2.Cu.F6P/c2*1-2-13-16(14-9-5-3-6-10-14)15-11-7-4-8-12-15;1-9-3-5-11-7-8-12-6-4-10(2)16-14(12)13(11)15-9;;1-7(2,3,4,5)6/h2*3-12H,2,13H2,1H3;3-8H,1-2H3;;/q;;;+1;-1/p+2. The zero-order chi connectivity index (χ0) is 40.0. The smallest absolute Gasteiger partial charge is 1.00 e. The summed E-state index contributed by atoms with van der Waals surface area (Å²) in [6.45, 7) is 8.56. The second kappa shape index (κ2) is 20.6. The molecule has 0 aliphatic carbocycles. The third-order valence-corrected chi connectivity index (χ3v) is 14.4. The first kappa shape index (κ1) is 46.7. The maximum atomic E-state index is 9.87. The average Bonchev–Trinajstić information content (AvgIpc) is 3.16. The van der Waals surface area contributed by atoms with Crippen LogP contribution in [0, 0.1) is 13.8 Å². The van der Waals surface area contributed by atoms with Crippen LogP contribution in [0.15, 0.2) is 158 Å². The number of fused-ring (bicyclic) bond motifs is 3. The SMILES string of the molecule is CCC[PH+](c1ccccc1)c1ccccc1.CCC[PH+](c1ccccc1)c1ccccc1.Cc1ccc2ccc3ccc(C)nc3c2n1.F[P-](F)(F)(F)(F)F.[Cu+]. The first-order valence-corrected chi connectivity index (χ1v) is 23.6. The van der Waals surface area contributed by atoms with Crippen molar-refractivity contribution in [2.24, 2.45) is 0 Å². The molecular weight excluding hydrogens is 827 g/mol.